The zero-order valence-corrected chi connectivity index (χ0v) is 11.8. The molecule has 0 aromatic heterocycles. The Morgan fingerprint density at radius 1 is 1.33 bits per heavy atom. The van der Waals surface area contributed by atoms with E-state index in [0.29, 0.717) is 0 Å². The van der Waals surface area contributed by atoms with Gasteiger partial charge in [0.15, 0.2) is 0 Å². The van der Waals surface area contributed by atoms with Crippen molar-refractivity contribution in [2.75, 3.05) is 20.2 Å². The summed E-state index contributed by atoms with van der Waals surface area (Å²) in [7, 11) is 1.39. The van der Waals surface area contributed by atoms with Crippen molar-refractivity contribution in [3.8, 4) is 0 Å². The monoisotopic (exact) mass is 256 g/mol. The van der Waals surface area contributed by atoms with E-state index in [0.717, 1.165) is 25.8 Å². The number of hydrogen-bond donors (Lipinski definition) is 1. The molecule has 1 N–H and O–H groups in total. The summed E-state index contributed by atoms with van der Waals surface area (Å²) < 4.78 is 4.79. The minimum atomic E-state index is -0.269. The minimum absolute atomic E-state index is 0.0432. The van der Waals surface area contributed by atoms with E-state index in [2.05, 4.69) is 5.32 Å². The fraction of sp³-hybridized carbons (Fsp3) is 0.846. The van der Waals surface area contributed by atoms with Crippen LogP contribution >= 0.6 is 0 Å². The van der Waals surface area contributed by atoms with Crippen LogP contribution in [0.2, 0.25) is 0 Å². The first kappa shape index (κ1) is 15.0. The number of hydrogen-bond acceptors (Lipinski definition) is 4. The normalized spacial score (nSPS) is 21.4. The van der Waals surface area contributed by atoms with Crippen LogP contribution in [0.15, 0.2) is 0 Å². The number of piperidine rings is 1. The summed E-state index contributed by atoms with van der Waals surface area (Å²) >= 11 is 0. The Kier molecular flexibility index (Phi) is 5.14. The third-order valence-electron chi connectivity index (χ3n) is 2.95. The van der Waals surface area contributed by atoms with Crippen LogP contribution in [0.25, 0.3) is 0 Å². The molecule has 1 saturated heterocycles. The van der Waals surface area contributed by atoms with Crippen LogP contribution in [-0.4, -0.2) is 48.6 Å². The van der Waals surface area contributed by atoms with Crippen molar-refractivity contribution in [3.63, 3.8) is 0 Å². The first-order valence-corrected chi connectivity index (χ1v) is 6.46. The van der Waals surface area contributed by atoms with Gasteiger partial charge >= 0.3 is 5.97 Å². The number of carbonyl (C=O) groups excluding carboxylic acids is 2. The van der Waals surface area contributed by atoms with Gasteiger partial charge in [0.2, 0.25) is 5.91 Å². The SMILES string of the molecule is COC(=O)C1CCCCN1CC(=O)NC(C)(C)C. The Morgan fingerprint density at radius 2 is 2.00 bits per heavy atom. The minimum Gasteiger partial charge on any atom is -0.468 e. The smallest absolute Gasteiger partial charge is 0.323 e. The third-order valence-corrected chi connectivity index (χ3v) is 2.95. The van der Waals surface area contributed by atoms with E-state index in [-0.39, 0.29) is 30.0 Å². The van der Waals surface area contributed by atoms with Crippen LogP contribution in [0, 0.1) is 0 Å². The predicted octanol–water partition coefficient (Wildman–Crippen LogP) is 0.929. The maximum atomic E-state index is 11.9. The standard InChI is InChI=1S/C13H24N2O3/c1-13(2,3)14-11(16)9-15-8-6-5-7-10(15)12(17)18-4/h10H,5-9H2,1-4H3,(H,14,16). The third kappa shape index (κ3) is 4.64. The maximum Gasteiger partial charge on any atom is 0.323 e. The molecular weight excluding hydrogens is 232 g/mol. The van der Waals surface area contributed by atoms with Crippen molar-refractivity contribution in [2.45, 2.75) is 51.6 Å². The molecule has 1 fully saturated rings. The summed E-state index contributed by atoms with van der Waals surface area (Å²) in [5.41, 5.74) is -0.242. The molecule has 0 saturated carbocycles. The Hall–Kier alpha value is -1.10. The van der Waals surface area contributed by atoms with Crippen molar-refractivity contribution in [1.29, 1.82) is 0 Å². The van der Waals surface area contributed by atoms with Crippen LogP contribution in [0.4, 0.5) is 0 Å². The molecule has 0 spiro atoms. The maximum absolute atomic E-state index is 11.9. The lowest BCUT2D eigenvalue weighted by Gasteiger charge is -2.33. The average molecular weight is 256 g/mol. The van der Waals surface area contributed by atoms with Crippen molar-refractivity contribution < 1.29 is 14.3 Å². The summed E-state index contributed by atoms with van der Waals surface area (Å²) in [5, 5.41) is 2.91. The van der Waals surface area contributed by atoms with E-state index in [4.69, 9.17) is 4.74 Å². The van der Waals surface area contributed by atoms with Crippen molar-refractivity contribution in [2.24, 2.45) is 0 Å². The molecule has 1 heterocycles. The second-order valence-electron chi connectivity index (χ2n) is 5.80. The fourth-order valence-corrected chi connectivity index (χ4v) is 2.23. The lowest BCUT2D eigenvalue weighted by Crippen LogP contribution is -2.52. The summed E-state index contributed by atoms with van der Waals surface area (Å²) in [6.45, 7) is 6.87. The second kappa shape index (κ2) is 6.18. The lowest BCUT2D eigenvalue weighted by molar-refractivity contribution is -0.148. The number of esters is 1. The molecule has 18 heavy (non-hydrogen) atoms. The van der Waals surface area contributed by atoms with E-state index in [1.54, 1.807) is 0 Å². The lowest BCUT2D eigenvalue weighted by atomic mass is 10.0. The molecule has 5 heteroatoms. The van der Waals surface area contributed by atoms with Gasteiger partial charge in [-0.05, 0) is 40.2 Å². The molecule has 0 aromatic carbocycles. The zero-order chi connectivity index (χ0) is 13.8. The number of nitrogens with one attached hydrogen (secondary N) is 1. The van der Waals surface area contributed by atoms with Crippen molar-refractivity contribution >= 4 is 11.9 Å². The number of nitrogens with zero attached hydrogens (tertiary/aromatic N) is 1. The Labute approximate surface area is 109 Å². The van der Waals surface area contributed by atoms with Crippen LogP contribution in [0.5, 0.6) is 0 Å². The first-order chi connectivity index (χ1) is 8.33. The van der Waals surface area contributed by atoms with E-state index in [1.807, 2.05) is 25.7 Å². The quantitative estimate of drug-likeness (QED) is 0.763. The van der Waals surface area contributed by atoms with Crippen molar-refractivity contribution in [1.82, 2.24) is 10.2 Å². The molecule has 1 atom stereocenters. The van der Waals surface area contributed by atoms with E-state index in [1.165, 1.54) is 7.11 Å². The zero-order valence-electron chi connectivity index (χ0n) is 11.8. The number of carbonyl (C=O) groups is 2. The molecular formula is C13H24N2O3. The Bertz CT molecular complexity index is 310. The molecule has 0 aromatic rings. The van der Waals surface area contributed by atoms with Crippen LogP contribution in [0.3, 0.4) is 0 Å². The van der Waals surface area contributed by atoms with Crippen LogP contribution in [-0.2, 0) is 14.3 Å². The fourth-order valence-electron chi connectivity index (χ4n) is 2.23. The molecule has 1 unspecified atom stereocenters. The first-order valence-electron chi connectivity index (χ1n) is 6.46. The van der Waals surface area contributed by atoms with Gasteiger partial charge in [-0.3, -0.25) is 14.5 Å². The van der Waals surface area contributed by atoms with E-state index >= 15 is 0 Å². The Balaban J connectivity index is 2.57. The van der Waals surface area contributed by atoms with Crippen molar-refractivity contribution in [3.05, 3.63) is 0 Å². The second-order valence-corrected chi connectivity index (χ2v) is 5.80. The molecule has 0 bridgehead atoms. The topological polar surface area (TPSA) is 58.6 Å². The van der Waals surface area contributed by atoms with Gasteiger partial charge in [0, 0.05) is 5.54 Å². The number of ether oxygens (including phenoxy) is 1. The Morgan fingerprint density at radius 3 is 2.56 bits per heavy atom. The molecule has 0 radical (unpaired) electrons. The number of methoxy groups -OCH3 is 1. The number of amides is 1. The highest BCUT2D eigenvalue weighted by molar-refractivity contribution is 5.81. The number of rotatable bonds is 3. The number of likely N-dealkylation sites (tertiary alicyclic amines) is 1. The molecule has 104 valence electrons. The van der Waals surface area contributed by atoms with Crippen LogP contribution < -0.4 is 5.32 Å². The highest BCUT2D eigenvalue weighted by Gasteiger charge is 2.31. The van der Waals surface area contributed by atoms with Gasteiger partial charge in [-0.1, -0.05) is 6.42 Å². The van der Waals surface area contributed by atoms with E-state index in [9.17, 15) is 9.59 Å². The van der Waals surface area contributed by atoms with Gasteiger partial charge < -0.3 is 10.1 Å². The molecule has 1 aliphatic rings. The molecule has 0 aliphatic carbocycles. The summed E-state index contributed by atoms with van der Waals surface area (Å²) in [6, 6.07) is -0.269. The average Bonchev–Trinajstić information content (AvgIpc) is 2.26. The summed E-state index contributed by atoms with van der Waals surface area (Å²) in [4.78, 5) is 25.4. The molecule has 1 rings (SSSR count). The molecule has 1 aliphatic heterocycles. The van der Waals surface area contributed by atoms with Gasteiger partial charge in [-0.25, -0.2) is 0 Å². The largest absolute Gasteiger partial charge is 0.468 e. The highest BCUT2D eigenvalue weighted by Crippen LogP contribution is 2.17. The van der Waals surface area contributed by atoms with E-state index < -0.39 is 0 Å². The van der Waals surface area contributed by atoms with Gasteiger partial charge in [0.1, 0.15) is 6.04 Å². The molecule has 5 nitrogen and oxygen atoms in total. The van der Waals surface area contributed by atoms with Gasteiger partial charge in [0.25, 0.3) is 0 Å². The van der Waals surface area contributed by atoms with Gasteiger partial charge in [-0.15, -0.1) is 0 Å². The predicted molar refractivity (Wildman–Crippen MR) is 69.1 cm³/mol. The summed E-state index contributed by atoms with van der Waals surface area (Å²) in [6.07, 6.45) is 2.81. The van der Waals surface area contributed by atoms with Gasteiger partial charge in [0.05, 0.1) is 13.7 Å². The highest BCUT2D eigenvalue weighted by atomic mass is 16.5. The van der Waals surface area contributed by atoms with Gasteiger partial charge in [-0.2, -0.15) is 0 Å². The molecule has 1 amide bonds. The summed E-state index contributed by atoms with van der Waals surface area (Å²) in [5.74, 6) is -0.281. The van der Waals surface area contributed by atoms with Crippen LogP contribution in [0.1, 0.15) is 40.0 Å².